The molecule has 0 bridgehead atoms. The molecule has 2 atom stereocenters. The Morgan fingerprint density at radius 3 is 2.24 bits per heavy atom. The fraction of sp³-hybridized carbons (Fsp3) is 1.00. The molecule has 17 heavy (non-hydrogen) atoms. The van der Waals surface area contributed by atoms with Gasteiger partial charge in [-0.3, -0.25) is 4.90 Å². The molecule has 102 valence electrons. The second-order valence-corrected chi connectivity index (χ2v) is 6.01. The predicted octanol–water partition coefficient (Wildman–Crippen LogP) is 3.40. The molecule has 0 spiro atoms. The van der Waals surface area contributed by atoms with Crippen molar-refractivity contribution in [2.24, 2.45) is 11.7 Å². The maximum Gasteiger partial charge on any atom is 0.0244 e. The summed E-state index contributed by atoms with van der Waals surface area (Å²) in [6.45, 7) is 6.90. The highest BCUT2D eigenvalue weighted by Gasteiger charge is 2.28. The third-order valence-electron chi connectivity index (χ3n) is 4.62. The zero-order valence-electron chi connectivity index (χ0n) is 12.3. The third-order valence-corrected chi connectivity index (χ3v) is 4.62. The van der Waals surface area contributed by atoms with E-state index in [1.54, 1.807) is 0 Å². The van der Waals surface area contributed by atoms with Crippen molar-refractivity contribution in [3.05, 3.63) is 0 Å². The van der Waals surface area contributed by atoms with E-state index < -0.39 is 0 Å². The van der Waals surface area contributed by atoms with Crippen LogP contribution in [0.3, 0.4) is 0 Å². The third kappa shape index (κ3) is 4.26. The summed E-state index contributed by atoms with van der Waals surface area (Å²) in [6, 6.07) is 1.71. The zero-order valence-corrected chi connectivity index (χ0v) is 12.3. The standard InChI is InChI=1S/C15H32N2/c1-5-7-14(16)15(6-2)17(4)13-10-8-12(3)9-11-13/h12-15H,5-11,16H2,1-4H3. The highest BCUT2D eigenvalue weighted by atomic mass is 15.2. The van der Waals surface area contributed by atoms with Crippen LogP contribution in [0.25, 0.3) is 0 Å². The Morgan fingerprint density at radius 2 is 1.76 bits per heavy atom. The van der Waals surface area contributed by atoms with Gasteiger partial charge in [-0.15, -0.1) is 0 Å². The van der Waals surface area contributed by atoms with Crippen LogP contribution >= 0.6 is 0 Å². The Bertz CT molecular complexity index is 197. The van der Waals surface area contributed by atoms with Crippen LogP contribution in [0.15, 0.2) is 0 Å². The summed E-state index contributed by atoms with van der Waals surface area (Å²) in [7, 11) is 2.30. The maximum atomic E-state index is 6.33. The second kappa shape index (κ2) is 7.38. The Kier molecular flexibility index (Phi) is 6.50. The molecule has 2 heteroatoms. The highest BCUT2D eigenvalue weighted by Crippen LogP contribution is 2.28. The Balaban J connectivity index is 2.50. The van der Waals surface area contributed by atoms with Crippen LogP contribution < -0.4 is 5.73 Å². The molecule has 2 nitrogen and oxygen atoms in total. The lowest BCUT2D eigenvalue weighted by molar-refractivity contribution is 0.103. The summed E-state index contributed by atoms with van der Waals surface area (Å²) in [5, 5.41) is 0. The number of nitrogens with zero attached hydrogens (tertiary/aromatic N) is 1. The van der Waals surface area contributed by atoms with Gasteiger partial charge in [0, 0.05) is 18.1 Å². The van der Waals surface area contributed by atoms with Gasteiger partial charge in [0.2, 0.25) is 0 Å². The minimum atomic E-state index is 0.356. The molecular formula is C15H32N2. The quantitative estimate of drug-likeness (QED) is 0.771. The van der Waals surface area contributed by atoms with Gasteiger partial charge < -0.3 is 5.73 Å². The minimum Gasteiger partial charge on any atom is -0.326 e. The molecule has 1 aliphatic rings. The molecule has 0 heterocycles. The van der Waals surface area contributed by atoms with Crippen LogP contribution in [0, 0.1) is 5.92 Å². The first kappa shape index (κ1) is 15.0. The van der Waals surface area contributed by atoms with Crippen molar-refractivity contribution < 1.29 is 0 Å². The normalized spacial score (nSPS) is 29.3. The first-order valence-electron chi connectivity index (χ1n) is 7.57. The van der Waals surface area contributed by atoms with Crippen molar-refractivity contribution in [3.63, 3.8) is 0 Å². The maximum absolute atomic E-state index is 6.33. The number of rotatable bonds is 6. The van der Waals surface area contributed by atoms with Crippen LogP contribution in [0.1, 0.15) is 65.7 Å². The Labute approximate surface area is 108 Å². The molecular weight excluding hydrogens is 208 g/mol. The van der Waals surface area contributed by atoms with Crippen LogP contribution in [-0.2, 0) is 0 Å². The van der Waals surface area contributed by atoms with Gasteiger partial charge in [0.25, 0.3) is 0 Å². The number of hydrogen-bond donors (Lipinski definition) is 1. The molecule has 0 aliphatic heterocycles. The lowest BCUT2D eigenvalue weighted by atomic mass is 9.85. The van der Waals surface area contributed by atoms with Gasteiger partial charge in [-0.1, -0.05) is 27.2 Å². The zero-order chi connectivity index (χ0) is 12.8. The van der Waals surface area contributed by atoms with Crippen LogP contribution in [0.4, 0.5) is 0 Å². The molecule has 0 aromatic rings. The lowest BCUT2D eigenvalue weighted by Crippen LogP contribution is -2.50. The van der Waals surface area contributed by atoms with Gasteiger partial charge in [0.15, 0.2) is 0 Å². The number of hydrogen-bond acceptors (Lipinski definition) is 2. The van der Waals surface area contributed by atoms with Gasteiger partial charge in [-0.05, 0) is 51.5 Å². The van der Waals surface area contributed by atoms with Crippen LogP contribution in [0.2, 0.25) is 0 Å². The summed E-state index contributed by atoms with van der Waals surface area (Å²) < 4.78 is 0. The van der Waals surface area contributed by atoms with E-state index in [4.69, 9.17) is 5.73 Å². The van der Waals surface area contributed by atoms with Crippen molar-refractivity contribution in [1.29, 1.82) is 0 Å². The summed E-state index contributed by atoms with van der Waals surface area (Å²) >= 11 is 0. The highest BCUT2D eigenvalue weighted by molar-refractivity contribution is 4.85. The van der Waals surface area contributed by atoms with Gasteiger partial charge >= 0.3 is 0 Å². The average molecular weight is 240 g/mol. The SMILES string of the molecule is CCCC(N)C(CC)N(C)C1CCC(C)CC1. The van der Waals surface area contributed by atoms with Crippen LogP contribution in [0.5, 0.6) is 0 Å². The van der Waals surface area contributed by atoms with E-state index in [1.165, 1.54) is 38.5 Å². The topological polar surface area (TPSA) is 29.3 Å². The van der Waals surface area contributed by atoms with E-state index in [0.29, 0.717) is 12.1 Å². The molecule has 0 aromatic heterocycles. The lowest BCUT2D eigenvalue weighted by Gasteiger charge is -2.40. The first-order valence-corrected chi connectivity index (χ1v) is 7.57. The second-order valence-electron chi connectivity index (χ2n) is 6.01. The first-order chi connectivity index (χ1) is 8.10. The molecule has 0 amide bonds. The minimum absolute atomic E-state index is 0.356. The van der Waals surface area contributed by atoms with E-state index in [1.807, 2.05) is 0 Å². The van der Waals surface area contributed by atoms with Crippen LogP contribution in [-0.4, -0.2) is 30.1 Å². The molecule has 0 saturated heterocycles. The largest absolute Gasteiger partial charge is 0.326 e. The van der Waals surface area contributed by atoms with E-state index in [2.05, 4.69) is 32.7 Å². The number of likely N-dealkylation sites (N-methyl/N-ethyl adjacent to an activating group) is 1. The summed E-state index contributed by atoms with van der Waals surface area (Å²) in [6.07, 6.45) is 9.08. The van der Waals surface area contributed by atoms with E-state index in [0.717, 1.165) is 18.4 Å². The molecule has 2 N–H and O–H groups in total. The summed E-state index contributed by atoms with van der Waals surface area (Å²) in [5.41, 5.74) is 6.33. The molecule has 1 rings (SSSR count). The predicted molar refractivity (Wildman–Crippen MR) is 76.1 cm³/mol. The van der Waals surface area contributed by atoms with Gasteiger partial charge in [0.05, 0.1) is 0 Å². The van der Waals surface area contributed by atoms with Crippen molar-refractivity contribution in [2.75, 3.05) is 7.05 Å². The fourth-order valence-electron chi connectivity index (χ4n) is 3.34. The Hall–Kier alpha value is -0.0800. The van der Waals surface area contributed by atoms with Crippen molar-refractivity contribution >= 4 is 0 Å². The van der Waals surface area contributed by atoms with Gasteiger partial charge in [-0.25, -0.2) is 0 Å². The van der Waals surface area contributed by atoms with Crippen molar-refractivity contribution in [2.45, 2.75) is 83.8 Å². The van der Waals surface area contributed by atoms with Gasteiger partial charge in [0.1, 0.15) is 0 Å². The summed E-state index contributed by atoms with van der Waals surface area (Å²) in [5.74, 6) is 0.934. The molecule has 1 saturated carbocycles. The van der Waals surface area contributed by atoms with E-state index >= 15 is 0 Å². The molecule has 1 fully saturated rings. The molecule has 0 radical (unpaired) electrons. The molecule has 2 unspecified atom stereocenters. The van der Waals surface area contributed by atoms with E-state index in [-0.39, 0.29) is 0 Å². The van der Waals surface area contributed by atoms with E-state index in [9.17, 15) is 0 Å². The van der Waals surface area contributed by atoms with Crippen molar-refractivity contribution in [1.82, 2.24) is 4.90 Å². The molecule has 0 aromatic carbocycles. The average Bonchev–Trinajstić information content (AvgIpc) is 2.31. The monoisotopic (exact) mass is 240 g/mol. The smallest absolute Gasteiger partial charge is 0.0244 e. The summed E-state index contributed by atoms with van der Waals surface area (Å²) in [4.78, 5) is 2.59. The van der Waals surface area contributed by atoms with Crippen molar-refractivity contribution in [3.8, 4) is 0 Å². The fourth-order valence-corrected chi connectivity index (χ4v) is 3.34. The van der Waals surface area contributed by atoms with Gasteiger partial charge in [-0.2, -0.15) is 0 Å². The molecule has 1 aliphatic carbocycles. The Morgan fingerprint density at radius 1 is 1.18 bits per heavy atom. The number of nitrogens with two attached hydrogens (primary N) is 1.